The van der Waals surface area contributed by atoms with Crippen LogP contribution in [0.3, 0.4) is 0 Å². The lowest BCUT2D eigenvalue weighted by Crippen LogP contribution is -2.48. The smallest absolute Gasteiger partial charge is 0.258 e. The summed E-state index contributed by atoms with van der Waals surface area (Å²) in [6.45, 7) is 5.85. The Morgan fingerprint density at radius 1 is 1.24 bits per heavy atom. The number of rotatable bonds is 4. The number of halogens is 2. The molecule has 0 spiro atoms. The predicted molar refractivity (Wildman–Crippen MR) is 119 cm³/mol. The van der Waals surface area contributed by atoms with Gasteiger partial charge in [0.2, 0.25) is 5.91 Å². The second-order valence-electron chi connectivity index (χ2n) is 8.67. The Hall–Kier alpha value is -3.20. The molecule has 5 rings (SSSR count). The number of hydrogen-bond donors (Lipinski definition) is 1. The normalized spacial score (nSPS) is 19.4. The summed E-state index contributed by atoms with van der Waals surface area (Å²) in [5, 5.41) is 8.01. The van der Waals surface area contributed by atoms with E-state index in [-0.39, 0.29) is 29.7 Å². The monoisotopic (exact) mass is 471 g/mol. The topological polar surface area (TPSA) is 88.8 Å². The van der Waals surface area contributed by atoms with Crippen molar-refractivity contribution in [2.45, 2.75) is 58.8 Å². The van der Waals surface area contributed by atoms with E-state index in [2.05, 4.69) is 15.4 Å². The van der Waals surface area contributed by atoms with Crippen LogP contribution >= 0.6 is 11.6 Å². The Labute approximate surface area is 194 Å². The van der Waals surface area contributed by atoms with E-state index >= 15 is 0 Å². The van der Waals surface area contributed by atoms with Crippen molar-refractivity contribution in [1.82, 2.24) is 24.8 Å². The van der Waals surface area contributed by atoms with Gasteiger partial charge in [0.05, 0.1) is 40.8 Å². The molecular weight excluding hydrogens is 449 g/mol. The average molecular weight is 472 g/mol. The molecule has 0 radical (unpaired) electrons. The summed E-state index contributed by atoms with van der Waals surface area (Å²) in [5.74, 6) is -0.626. The summed E-state index contributed by atoms with van der Waals surface area (Å²) in [4.78, 5) is 30.8. The van der Waals surface area contributed by atoms with E-state index in [0.29, 0.717) is 47.9 Å². The number of carbonyl (C=O) groups is 2. The van der Waals surface area contributed by atoms with Gasteiger partial charge in [-0.15, -0.1) is 0 Å². The lowest BCUT2D eigenvalue weighted by atomic mass is 9.89. The van der Waals surface area contributed by atoms with Gasteiger partial charge in [-0.05, 0) is 26.0 Å². The third-order valence-electron chi connectivity index (χ3n) is 6.21. The third kappa shape index (κ3) is 3.80. The SMILES string of the molecule is CC(=O)N[C@H]1C[C@@H](Oc2cc(F)ccc2C(=O)N2Cc3nn4c(C)c(Cl)c(C)nc4c3C2)C1. The van der Waals surface area contributed by atoms with E-state index in [4.69, 9.17) is 16.3 Å². The number of fused-ring (bicyclic) bond motifs is 3. The lowest BCUT2D eigenvalue weighted by molar-refractivity contribution is -0.120. The number of ether oxygens (including phenoxy) is 1. The summed E-state index contributed by atoms with van der Waals surface area (Å²) in [6.07, 6.45) is 1.04. The molecule has 0 bridgehead atoms. The van der Waals surface area contributed by atoms with Crippen molar-refractivity contribution in [3.05, 3.63) is 57.2 Å². The van der Waals surface area contributed by atoms with Crippen LogP contribution in [0.4, 0.5) is 4.39 Å². The highest BCUT2D eigenvalue weighted by atomic mass is 35.5. The Bertz CT molecular complexity index is 1300. The fraction of sp³-hybridized carbons (Fsp3) is 0.391. The summed E-state index contributed by atoms with van der Waals surface area (Å²) in [6, 6.07) is 3.98. The number of benzene rings is 1. The van der Waals surface area contributed by atoms with Crippen molar-refractivity contribution >= 4 is 29.1 Å². The van der Waals surface area contributed by atoms with Crippen molar-refractivity contribution < 1.29 is 18.7 Å². The molecule has 33 heavy (non-hydrogen) atoms. The second kappa shape index (κ2) is 7.98. The highest BCUT2D eigenvalue weighted by Gasteiger charge is 2.34. The van der Waals surface area contributed by atoms with E-state index in [0.717, 1.165) is 17.0 Å². The minimum Gasteiger partial charge on any atom is -0.489 e. The lowest BCUT2D eigenvalue weighted by Gasteiger charge is -2.36. The number of nitrogens with zero attached hydrogens (tertiary/aromatic N) is 4. The molecule has 8 nitrogen and oxygen atoms in total. The Kier molecular flexibility index (Phi) is 5.23. The van der Waals surface area contributed by atoms with Gasteiger partial charge >= 0.3 is 0 Å². The maximum Gasteiger partial charge on any atom is 0.258 e. The van der Waals surface area contributed by atoms with Crippen molar-refractivity contribution in [2.24, 2.45) is 0 Å². The largest absolute Gasteiger partial charge is 0.489 e. The minimum absolute atomic E-state index is 0.0399. The molecule has 0 unspecified atom stereocenters. The molecule has 3 aromatic rings. The van der Waals surface area contributed by atoms with E-state index in [1.165, 1.54) is 25.1 Å². The van der Waals surface area contributed by atoms with Crippen LogP contribution in [0.15, 0.2) is 18.2 Å². The first kappa shape index (κ1) is 21.6. The molecule has 2 amide bonds. The van der Waals surface area contributed by atoms with Gasteiger partial charge in [0, 0.05) is 37.4 Å². The fourth-order valence-corrected chi connectivity index (χ4v) is 4.57. The molecule has 0 saturated heterocycles. The maximum absolute atomic E-state index is 14.0. The number of nitrogens with one attached hydrogen (secondary N) is 1. The number of amides is 2. The molecule has 2 aromatic heterocycles. The third-order valence-corrected chi connectivity index (χ3v) is 6.76. The quantitative estimate of drug-likeness (QED) is 0.630. The molecule has 0 atom stereocenters. The van der Waals surface area contributed by atoms with Crippen LogP contribution in [0.5, 0.6) is 5.75 Å². The first-order valence-electron chi connectivity index (χ1n) is 10.8. The molecule has 1 aliphatic heterocycles. The second-order valence-corrected chi connectivity index (χ2v) is 9.05. The van der Waals surface area contributed by atoms with Gasteiger partial charge in [-0.2, -0.15) is 5.10 Å². The molecular formula is C23H23ClFN5O3. The number of aromatic nitrogens is 3. The van der Waals surface area contributed by atoms with Crippen molar-refractivity contribution in [3.63, 3.8) is 0 Å². The summed E-state index contributed by atoms with van der Waals surface area (Å²) < 4.78 is 21.6. The average Bonchev–Trinajstić information content (AvgIpc) is 3.29. The zero-order chi connectivity index (χ0) is 23.4. The van der Waals surface area contributed by atoms with Crippen molar-refractivity contribution in [3.8, 4) is 5.75 Å². The number of aryl methyl sites for hydroxylation is 2. The molecule has 1 saturated carbocycles. The Morgan fingerprint density at radius 3 is 2.73 bits per heavy atom. The van der Waals surface area contributed by atoms with Crippen LogP contribution < -0.4 is 10.1 Å². The molecule has 1 aliphatic carbocycles. The van der Waals surface area contributed by atoms with Crippen LogP contribution in [0.1, 0.15) is 52.8 Å². The zero-order valence-corrected chi connectivity index (χ0v) is 19.2. The van der Waals surface area contributed by atoms with Gasteiger partial charge in [0.1, 0.15) is 17.7 Å². The van der Waals surface area contributed by atoms with Gasteiger partial charge in [0.25, 0.3) is 5.91 Å². The van der Waals surface area contributed by atoms with Crippen LogP contribution in [-0.4, -0.2) is 43.5 Å². The van der Waals surface area contributed by atoms with Gasteiger partial charge < -0.3 is 15.0 Å². The van der Waals surface area contributed by atoms with Crippen LogP contribution in [-0.2, 0) is 17.9 Å². The molecule has 2 aliphatic rings. The van der Waals surface area contributed by atoms with E-state index in [9.17, 15) is 14.0 Å². The summed E-state index contributed by atoms with van der Waals surface area (Å²) in [5.41, 5.74) is 4.15. The Morgan fingerprint density at radius 2 is 2.00 bits per heavy atom. The summed E-state index contributed by atoms with van der Waals surface area (Å²) >= 11 is 6.31. The standard InChI is InChI=1S/C23H23ClFN5O3/c1-11-21(24)12(2)30-22(26-11)18-9-29(10-19(18)28-30)23(32)17-5-4-14(25)6-20(17)33-16-7-15(8-16)27-13(3)31/h4-6,15-16H,7-10H2,1-3H3,(H,27,31)/t15-,16+. The van der Waals surface area contributed by atoms with Crippen LogP contribution in [0.25, 0.3) is 5.65 Å². The fourth-order valence-electron chi connectivity index (χ4n) is 4.44. The molecule has 172 valence electrons. The van der Waals surface area contributed by atoms with Crippen molar-refractivity contribution in [2.75, 3.05) is 0 Å². The predicted octanol–water partition coefficient (Wildman–Crippen LogP) is 3.34. The van der Waals surface area contributed by atoms with Crippen molar-refractivity contribution in [1.29, 1.82) is 0 Å². The molecule has 10 heteroatoms. The molecule has 1 aromatic carbocycles. The molecule has 1 fully saturated rings. The minimum atomic E-state index is -0.478. The number of hydrogen-bond acceptors (Lipinski definition) is 5. The zero-order valence-electron chi connectivity index (χ0n) is 18.5. The van der Waals surface area contributed by atoms with E-state index < -0.39 is 5.82 Å². The van der Waals surface area contributed by atoms with Gasteiger partial charge in [-0.25, -0.2) is 13.9 Å². The van der Waals surface area contributed by atoms with Crippen LogP contribution in [0.2, 0.25) is 5.02 Å². The van der Waals surface area contributed by atoms with E-state index in [1.54, 1.807) is 9.42 Å². The van der Waals surface area contributed by atoms with Gasteiger partial charge in [-0.3, -0.25) is 9.59 Å². The first-order chi connectivity index (χ1) is 15.7. The highest BCUT2D eigenvalue weighted by Crippen LogP contribution is 2.33. The summed E-state index contributed by atoms with van der Waals surface area (Å²) in [7, 11) is 0. The highest BCUT2D eigenvalue weighted by molar-refractivity contribution is 6.31. The van der Waals surface area contributed by atoms with Gasteiger partial charge in [0.15, 0.2) is 5.65 Å². The Balaban J connectivity index is 1.36. The van der Waals surface area contributed by atoms with Crippen LogP contribution in [0, 0.1) is 19.7 Å². The molecule has 1 N–H and O–H groups in total. The first-order valence-corrected chi connectivity index (χ1v) is 11.1. The number of carbonyl (C=O) groups excluding carboxylic acids is 2. The molecule has 3 heterocycles. The van der Waals surface area contributed by atoms with E-state index in [1.807, 2.05) is 13.8 Å². The maximum atomic E-state index is 14.0. The van der Waals surface area contributed by atoms with Gasteiger partial charge in [-0.1, -0.05) is 11.6 Å².